The third-order valence-corrected chi connectivity index (χ3v) is 3.93. The predicted octanol–water partition coefficient (Wildman–Crippen LogP) is 5.74. The zero-order valence-electron chi connectivity index (χ0n) is 14.1. The van der Waals surface area contributed by atoms with Gasteiger partial charge in [-0.25, -0.2) is 4.98 Å². The number of hydrogen-bond donors (Lipinski definition) is 0. The summed E-state index contributed by atoms with van der Waals surface area (Å²) in [6.07, 6.45) is 3.04. The number of fused-ring (bicyclic) bond motifs is 1. The smallest absolute Gasteiger partial charge is 0.183 e. The maximum Gasteiger partial charge on any atom is 0.183 e. The Hall–Kier alpha value is -2.49. The first-order chi connectivity index (χ1) is 11.1. The highest BCUT2D eigenvalue weighted by atomic mass is 15.2. The lowest BCUT2D eigenvalue weighted by molar-refractivity contribution is 0.831. The number of benzene rings is 1. The van der Waals surface area contributed by atoms with Crippen molar-refractivity contribution in [1.29, 1.82) is 0 Å². The maximum atomic E-state index is 4.72. The van der Waals surface area contributed by atoms with Gasteiger partial charge >= 0.3 is 0 Å². The summed E-state index contributed by atoms with van der Waals surface area (Å²) in [6, 6.07) is 12.3. The zero-order chi connectivity index (χ0) is 16.4. The highest BCUT2D eigenvalue weighted by Gasteiger charge is 2.14. The molecule has 1 aromatic carbocycles. The molecule has 2 heterocycles. The SMILES string of the molecule is CCc1ccc(N=Nc2c(C(C)C)nc3cc(C)ccn23)cc1. The van der Waals surface area contributed by atoms with Crippen molar-refractivity contribution in [2.75, 3.05) is 0 Å². The van der Waals surface area contributed by atoms with E-state index in [9.17, 15) is 0 Å². The molecule has 3 rings (SSSR count). The Morgan fingerprint density at radius 1 is 1.09 bits per heavy atom. The van der Waals surface area contributed by atoms with Crippen molar-refractivity contribution in [1.82, 2.24) is 9.38 Å². The van der Waals surface area contributed by atoms with Crippen molar-refractivity contribution in [2.24, 2.45) is 10.2 Å². The van der Waals surface area contributed by atoms with Gasteiger partial charge in [0.2, 0.25) is 0 Å². The third-order valence-electron chi connectivity index (χ3n) is 3.93. The van der Waals surface area contributed by atoms with Gasteiger partial charge in [-0.15, -0.1) is 10.2 Å². The number of pyridine rings is 1. The van der Waals surface area contributed by atoms with Crippen molar-refractivity contribution in [2.45, 2.75) is 40.0 Å². The first-order valence-corrected chi connectivity index (χ1v) is 8.07. The lowest BCUT2D eigenvalue weighted by atomic mass is 10.1. The number of azo groups is 1. The largest absolute Gasteiger partial charge is 0.283 e. The molecule has 0 aliphatic carbocycles. The van der Waals surface area contributed by atoms with Gasteiger partial charge in [0, 0.05) is 6.20 Å². The quantitative estimate of drug-likeness (QED) is 0.566. The molecule has 0 aliphatic rings. The standard InChI is InChI=1S/C19H22N4/c1-5-15-6-8-16(9-7-15)21-22-19-18(13(2)3)20-17-12-14(4)10-11-23(17)19/h6-13H,5H2,1-4H3. The van der Waals surface area contributed by atoms with Gasteiger partial charge < -0.3 is 0 Å². The summed E-state index contributed by atoms with van der Waals surface area (Å²) in [5, 5.41) is 8.90. The molecule has 4 heteroatoms. The van der Waals surface area contributed by atoms with Gasteiger partial charge in [-0.1, -0.05) is 32.9 Å². The van der Waals surface area contributed by atoms with E-state index in [2.05, 4.69) is 62.2 Å². The van der Waals surface area contributed by atoms with Gasteiger partial charge in [-0.3, -0.25) is 4.40 Å². The first-order valence-electron chi connectivity index (χ1n) is 8.07. The Morgan fingerprint density at radius 2 is 1.83 bits per heavy atom. The van der Waals surface area contributed by atoms with E-state index < -0.39 is 0 Å². The molecule has 0 radical (unpaired) electrons. The van der Waals surface area contributed by atoms with E-state index in [0.717, 1.165) is 29.3 Å². The number of aromatic nitrogens is 2. The topological polar surface area (TPSA) is 42.0 Å². The van der Waals surface area contributed by atoms with Crippen LogP contribution in [0.25, 0.3) is 5.65 Å². The number of rotatable bonds is 4. The Bertz CT molecular complexity index is 842. The molecule has 0 aliphatic heterocycles. The van der Waals surface area contributed by atoms with E-state index in [1.807, 2.05) is 22.7 Å². The first kappa shape index (κ1) is 15.4. The Kier molecular flexibility index (Phi) is 4.24. The second-order valence-electron chi connectivity index (χ2n) is 6.13. The molecule has 2 aromatic heterocycles. The Morgan fingerprint density at radius 3 is 2.48 bits per heavy atom. The molecule has 0 amide bonds. The number of aryl methyl sites for hydroxylation is 2. The summed E-state index contributed by atoms with van der Waals surface area (Å²) in [5.41, 5.74) is 5.25. The van der Waals surface area contributed by atoms with Crippen LogP contribution in [0.3, 0.4) is 0 Å². The van der Waals surface area contributed by atoms with Crippen LogP contribution in [0.2, 0.25) is 0 Å². The second kappa shape index (κ2) is 6.32. The van der Waals surface area contributed by atoms with E-state index in [1.54, 1.807) is 0 Å². The average Bonchev–Trinajstić information content (AvgIpc) is 2.91. The van der Waals surface area contributed by atoms with Gasteiger partial charge in [0.1, 0.15) is 5.65 Å². The molecule has 0 spiro atoms. The Labute approximate surface area is 136 Å². The zero-order valence-corrected chi connectivity index (χ0v) is 14.1. The summed E-state index contributed by atoms with van der Waals surface area (Å²) >= 11 is 0. The van der Waals surface area contributed by atoms with Crippen LogP contribution in [-0.4, -0.2) is 9.38 Å². The van der Waals surface area contributed by atoms with Crippen LogP contribution in [-0.2, 0) is 6.42 Å². The van der Waals surface area contributed by atoms with E-state index in [4.69, 9.17) is 4.98 Å². The van der Waals surface area contributed by atoms with Gasteiger partial charge in [0.25, 0.3) is 0 Å². The molecule has 0 atom stereocenters. The fourth-order valence-corrected chi connectivity index (χ4v) is 2.54. The minimum absolute atomic E-state index is 0.298. The average molecular weight is 306 g/mol. The fourth-order valence-electron chi connectivity index (χ4n) is 2.54. The lowest BCUT2D eigenvalue weighted by Gasteiger charge is -2.02. The van der Waals surface area contributed by atoms with Gasteiger partial charge in [-0.2, -0.15) is 0 Å². The predicted molar refractivity (Wildman–Crippen MR) is 94.0 cm³/mol. The number of imidazole rings is 1. The molecular formula is C19H22N4. The molecule has 0 unspecified atom stereocenters. The summed E-state index contributed by atoms with van der Waals surface area (Å²) in [7, 11) is 0. The number of hydrogen-bond acceptors (Lipinski definition) is 3. The van der Waals surface area contributed by atoms with E-state index in [1.165, 1.54) is 11.1 Å². The van der Waals surface area contributed by atoms with Crippen molar-refractivity contribution in [3.05, 3.63) is 59.4 Å². The molecule has 0 bridgehead atoms. The van der Waals surface area contributed by atoms with Gasteiger partial charge in [0.05, 0.1) is 11.4 Å². The van der Waals surface area contributed by atoms with Gasteiger partial charge in [-0.05, 0) is 54.7 Å². The molecule has 4 nitrogen and oxygen atoms in total. The highest BCUT2D eigenvalue weighted by Crippen LogP contribution is 2.29. The van der Waals surface area contributed by atoms with Crippen molar-refractivity contribution in [3.8, 4) is 0 Å². The summed E-state index contributed by atoms with van der Waals surface area (Å²) in [6.45, 7) is 8.47. The summed E-state index contributed by atoms with van der Waals surface area (Å²) < 4.78 is 2.01. The minimum Gasteiger partial charge on any atom is -0.283 e. The van der Waals surface area contributed by atoms with Crippen LogP contribution < -0.4 is 0 Å². The lowest BCUT2D eigenvalue weighted by Crippen LogP contribution is -1.87. The van der Waals surface area contributed by atoms with Crippen LogP contribution >= 0.6 is 0 Å². The van der Waals surface area contributed by atoms with Crippen molar-refractivity contribution in [3.63, 3.8) is 0 Å². The summed E-state index contributed by atoms with van der Waals surface area (Å²) in [5.74, 6) is 1.11. The van der Waals surface area contributed by atoms with Crippen LogP contribution in [0.1, 0.15) is 43.5 Å². The van der Waals surface area contributed by atoms with Gasteiger partial charge in [0.15, 0.2) is 5.82 Å². The summed E-state index contributed by atoms with van der Waals surface area (Å²) in [4.78, 5) is 4.72. The molecule has 3 aromatic rings. The van der Waals surface area contributed by atoms with Crippen molar-refractivity contribution >= 4 is 17.2 Å². The van der Waals surface area contributed by atoms with Crippen LogP contribution in [0, 0.1) is 6.92 Å². The maximum absolute atomic E-state index is 4.72. The Balaban J connectivity index is 2.03. The van der Waals surface area contributed by atoms with E-state index in [0.29, 0.717) is 5.92 Å². The fraction of sp³-hybridized carbons (Fsp3) is 0.316. The molecule has 0 N–H and O–H groups in total. The third kappa shape index (κ3) is 3.16. The van der Waals surface area contributed by atoms with Crippen molar-refractivity contribution < 1.29 is 0 Å². The monoisotopic (exact) mass is 306 g/mol. The molecule has 118 valence electrons. The second-order valence-corrected chi connectivity index (χ2v) is 6.13. The van der Waals surface area contributed by atoms with Crippen LogP contribution in [0.4, 0.5) is 11.5 Å². The molecule has 0 fully saturated rings. The minimum atomic E-state index is 0.298. The number of nitrogens with zero attached hydrogens (tertiary/aromatic N) is 4. The normalized spacial score (nSPS) is 11.9. The van der Waals surface area contributed by atoms with E-state index in [-0.39, 0.29) is 0 Å². The molecule has 0 saturated carbocycles. The molecule has 0 saturated heterocycles. The van der Waals surface area contributed by atoms with E-state index >= 15 is 0 Å². The van der Waals surface area contributed by atoms with Crippen LogP contribution in [0.15, 0.2) is 52.8 Å². The molecule has 23 heavy (non-hydrogen) atoms. The molecular weight excluding hydrogens is 284 g/mol. The van der Waals surface area contributed by atoms with Crippen LogP contribution in [0.5, 0.6) is 0 Å². The highest BCUT2D eigenvalue weighted by molar-refractivity contribution is 5.54.